The van der Waals surface area contributed by atoms with Gasteiger partial charge in [-0.05, 0) is 29.8 Å². The van der Waals surface area contributed by atoms with E-state index in [9.17, 15) is 4.39 Å². The number of pyridine rings is 1. The number of hydrogen-bond donors (Lipinski definition) is 0. The standard InChI is InChI=1S/C16H10BrClFN3O/c17-11-3-1-2-10(6-11)7-16-22-21-15(23-16)5-4-14-13(18)8-12(19)9-20-14/h1-6,8-9H,7H2/b5-4+. The van der Waals surface area contributed by atoms with Crippen LogP contribution in [0.25, 0.3) is 12.2 Å². The molecule has 0 amide bonds. The van der Waals surface area contributed by atoms with Gasteiger partial charge in [-0.2, -0.15) is 0 Å². The molecular formula is C16H10BrClFN3O. The fourth-order valence-corrected chi connectivity index (χ4v) is 2.59. The van der Waals surface area contributed by atoms with E-state index >= 15 is 0 Å². The summed E-state index contributed by atoms with van der Waals surface area (Å²) in [7, 11) is 0. The highest BCUT2D eigenvalue weighted by Gasteiger charge is 2.06. The first-order valence-corrected chi connectivity index (χ1v) is 7.83. The Bertz CT molecular complexity index is 866. The largest absolute Gasteiger partial charge is 0.421 e. The second-order valence-electron chi connectivity index (χ2n) is 4.69. The average Bonchev–Trinajstić information content (AvgIpc) is 2.94. The van der Waals surface area contributed by atoms with Crippen molar-refractivity contribution >= 4 is 39.7 Å². The minimum Gasteiger partial charge on any atom is -0.421 e. The van der Waals surface area contributed by atoms with Crippen LogP contribution in [-0.4, -0.2) is 15.2 Å². The Balaban J connectivity index is 1.73. The molecule has 3 rings (SSSR count). The fourth-order valence-electron chi connectivity index (χ4n) is 1.92. The van der Waals surface area contributed by atoms with Crippen LogP contribution in [0.15, 0.2) is 45.4 Å². The van der Waals surface area contributed by atoms with E-state index in [1.54, 1.807) is 12.2 Å². The third-order valence-electron chi connectivity index (χ3n) is 2.95. The highest BCUT2D eigenvalue weighted by Crippen LogP contribution is 2.18. The van der Waals surface area contributed by atoms with Gasteiger partial charge in [-0.25, -0.2) is 4.39 Å². The maximum atomic E-state index is 12.9. The summed E-state index contributed by atoms with van der Waals surface area (Å²) in [5, 5.41) is 8.15. The molecule has 0 atom stereocenters. The summed E-state index contributed by atoms with van der Waals surface area (Å²) in [6, 6.07) is 9.05. The molecule has 116 valence electrons. The van der Waals surface area contributed by atoms with Crippen LogP contribution in [0.3, 0.4) is 0 Å². The molecule has 23 heavy (non-hydrogen) atoms. The lowest BCUT2D eigenvalue weighted by Gasteiger charge is -1.97. The quantitative estimate of drug-likeness (QED) is 0.639. The molecule has 0 fully saturated rings. The van der Waals surface area contributed by atoms with Crippen LogP contribution in [0.4, 0.5) is 4.39 Å². The third-order valence-corrected chi connectivity index (χ3v) is 3.74. The molecule has 4 nitrogen and oxygen atoms in total. The van der Waals surface area contributed by atoms with Gasteiger partial charge in [0.05, 0.1) is 23.3 Å². The van der Waals surface area contributed by atoms with Crippen LogP contribution in [0, 0.1) is 5.82 Å². The van der Waals surface area contributed by atoms with Crippen molar-refractivity contribution < 1.29 is 8.81 Å². The molecule has 7 heteroatoms. The summed E-state index contributed by atoms with van der Waals surface area (Å²) < 4.78 is 19.5. The lowest BCUT2D eigenvalue weighted by Crippen LogP contribution is -1.87. The smallest absolute Gasteiger partial charge is 0.240 e. The van der Waals surface area contributed by atoms with Gasteiger partial charge in [0.2, 0.25) is 11.8 Å². The van der Waals surface area contributed by atoms with Crippen molar-refractivity contribution in [3.8, 4) is 0 Å². The van der Waals surface area contributed by atoms with Crippen molar-refractivity contribution in [1.29, 1.82) is 0 Å². The molecule has 1 aromatic carbocycles. The van der Waals surface area contributed by atoms with E-state index in [1.165, 1.54) is 6.07 Å². The van der Waals surface area contributed by atoms with Crippen LogP contribution in [0.1, 0.15) is 23.0 Å². The second kappa shape index (κ2) is 7.02. The molecule has 0 N–H and O–H groups in total. The van der Waals surface area contributed by atoms with Gasteiger partial charge >= 0.3 is 0 Å². The van der Waals surface area contributed by atoms with Gasteiger partial charge in [-0.1, -0.05) is 39.7 Å². The zero-order valence-corrected chi connectivity index (χ0v) is 14.1. The van der Waals surface area contributed by atoms with Gasteiger partial charge in [0.25, 0.3) is 0 Å². The van der Waals surface area contributed by atoms with Gasteiger partial charge in [-0.15, -0.1) is 10.2 Å². The summed E-state index contributed by atoms with van der Waals surface area (Å²) >= 11 is 9.32. The maximum Gasteiger partial charge on any atom is 0.240 e. The predicted molar refractivity (Wildman–Crippen MR) is 89.4 cm³/mol. The Morgan fingerprint density at radius 2 is 2.09 bits per heavy atom. The van der Waals surface area contributed by atoms with Crippen molar-refractivity contribution in [3.63, 3.8) is 0 Å². The van der Waals surface area contributed by atoms with E-state index in [-0.39, 0.29) is 5.02 Å². The van der Waals surface area contributed by atoms with Crippen molar-refractivity contribution in [2.45, 2.75) is 6.42 Å². The first-order chi connectivity index (χ1) is 11.1. The van der Waals surface area contributed by atoms with Crippen LogP contribution >= 0.6 is 27.5 Å². The molecular weight excluding hydrogens is 385 g/mol. The number of nitrogens with zero attached hydrogens (tertiary/aromatic N) is 3. The Kier molecular flexibility index (Phi) is 4.83. The summed E-state index contributed by atoms with van der Waals surface area (Å²) in [6.45, 7) is 0. The molecule has 0 saturated heterocycles. The molecule has 0 spiro atoms. The molecule has 0 radical (unpaired) electrons. The fraction of sp³-hybridized carbons (Fsp3) is 0.0625. The lowest BCUT2D eigenvalue weighted by molar-refractivity contribution is 0.496. The lowest BCUT2D eigenvalue weighted by atomic mass is 10.1. The molecule has 0 aliphatic rings. The Hall–Kier alpha value is -2.05. The first kappa shape index (κ1) is 15.8. The summed E-state index contributed by atoms with van der Waals surface area (Å²) in [5.41, 5.74) is 1.49. The zero-order valence-electron chi connectivity index (χ0n) is 11.7. The van der Waals surface area contributed by atoms with E-state index < -0.39 is 5.82 Å². The van der Waals surface area contributed by atoms with Gasteiger partial charge in [0.1, 0.15) is 5.82 Å². The van der Waals surface area contributed by atoms with E-state index in [1.807, 2.05) is 24.3 Å². The Morgan fingerprint density at radius 1 is 1.22 bits per heavy atom. The minimum atomic E-state index is -0.485. The zero-order chi connectivity index (χ0) is 16.2. The minimum absolute atomic E-state index is 0.218. The first-order valence-electron chi connectivity index (χ1n) is 6.66. The van der Waals surface area contributed by atoms with Crippen LogP contribution in [0.2, 0.25) is 5.02 Å². The number of rotatable bonds is 4. The number of halogens is 3. The Morgan fingerprint density at radius 3 is 2.87 bits per heavy atom. The van der Waals surface area contributed by atoms with Gasteiger partial charge in [0.15, 0.2) is 0 Å². The molecule has 2 heterocycles. The average molecular weight is 395 g/mol. The highest BCUT2D eigenvalue weighted by molar-refractivity contribution is 9.10. The molecule has 0 bridgehead atoms. The predicted octanol–water partition coefficient (Wildman–Crippen LogP) is 4.78. The molecule has 0 aliphatic carbocycles. The normalized spacial score (nSPS) is 11.3. The summed E-state index contributed by atoms with van der Waals surface area (Å²) in [6.07, 6.45) is 4.82. The van der Waals surface area contributed by atoms with Gasteiger partial charge < -0.3 is 4.42 Å². The third kappa shape index (κ3) is 4.24. The van der Waals surface area contributed by atoms with Gasteiger partial charge in [-0.3, -0.25) is 4.98 Å². The van der Waals surface area contributed by atoms with Crippen molar-refractivity contribution in [1.82, 2.24) is 15.2 Å². The molecule has 0 aliphatic heterocycles. The number of hydrogen-bond acceptors (Lipinski definition) is 4. The molecule has 0 saturated carbocycles. The van der Waals surface area contributed by atoms with Crippen LogP contribution in [-0.2, 0) is 6.42 Å². The monoisotopic (exact) mass is 393 g/mol. The van der Waals surface area contributed by atoms with Crippen molar-refractivity contribution in [2.75, 3.05) is 0 Å². The van der Waals surface area contributed by atoms with Gasteiger partial charge in [0, 0.05) is 10.5 Å². The maximum absolute atomic E-state index is 12.9. The number of aromatic nitrogens is 3. The molecule has 2 aromatic heterocycles. The summed E-state index contributed by atoms with van der Waals surface area (Å²) in [4.78, 5) is 3.89. The highest BCUT2D eigenvalue weighted by atomic mass is 79.9. The van der Waals surface area contributed by atoms with E-state index in [4.69, 9.17) is 16.0 Å². The number of benzene rings is 1. The van der Waals surface area contributed by atoms with E-state index in [0.29, 0.717) is 23.9 Å². The van der Waals surface area contributed by atoms with Crippen molar-refractivity contribution in [2.24, 2.45) is 0 Å². The topological polar surface area (TPSA) is 51.8 Å². The van der Waals surface area contributed by atoms with E-state index in [0.717, 1.165) is 16.2 Å². The van der Waals surface area contributed by atoms with Crippen LogP contribution < -0.4 is 0 Å². The van der Waals surface area contributed by atoms with Crippen LogP contribution in [0.5, 0.6) is 0 Å². The second-order valence-corrected chi connectivity index (χ2v) is 6.02. The molecule has 3 aromatic rings. The Labute approximate surface area is 145 Å². The SMILES string of the molecule is Fc1cnc(/C=C/c2nnc(Cc3cccc(Br)c3)o2)c(Cl)c1. The van der Waals surface area contributed by atoms with Crippen molar-refractivity contribution in [3.05, 3.63) is 74.9 Å². The summed E-state index contributed by atoms with van der Waals surface area (Å²) in [5.74, 6) is 0.347. The van der Waals surface area contributed by atoms with E-state index in [2.05, 4.69) is 31.1 Å². The molecule has 0 unspecified atom stereocenters.